The molecule has 52 heavy (non-hydrogen) atoms. The second-order valence-electron chi connectivity index (χ2n) is 13.7. The van der Waals surface area contributed by atoms with Crippen LogP contribution in [0.5, 0.6) is 0 Å². The summed E-state index contributed by atoms with van der Waals surface area (Å²) in [6.07, 6.45) is 0. The van der Waals surface area contributed by atoms with Gasteiger partial charge in [-0.1, -0.05) is 109 Å². The Morgan fingerprint density at radius 3 is 1.44 bits per heavy atom. The van der Waals surface area contributed by atoms with Crippen LogP contribution in [0, 0.1) is 0 Å². The average Bonchev–Trinajstić information content (AvgIpc) is 3.94. The summed E-state index contributed by atoms with van der Waals surface area (Å²) in [6.45, 7) is 0. The lowest BCUT2D eigenvalue weighted by Crippen LogP contribution is -1.96. The smallest absolute Gasteiger partial charge is 0.137 e. The molecular formula is C48H29N3O. The molecule has 0 amide bonds. The number of fused-ring (bicyclic) bond motifs is 14. The monoisotopic (exact) mass is 663 g/mol. The normalized spacial score (nSPS) is 12.2. The van der Waals surface area contributed by atoms with Crippen LogP contribution < -0.4 is 0 Å². The summed E-state index contributed by atoms with van der Waals surface area (Å²) >= 11 is 0. The SMILES string of the molecule is c1ccc(-n2c3ccc4c5ccccc5n(-c5ccccc5)c4c3c3c2ccc2c4ccccc4n(-c4cccc5oc6ccccc6c45)c23)cc1. The quantitative estimate of drug-likeness (QED) is 0.185. The van der Waals surface area contributed by atoms with E-state index in [1.165, 1.54) is 65.4 Å². The molecule has 0 unspecified atom stereocenters. The topological polar surface area (TPSA) is 27.9 Å². The van der Waals surface area contributed by atoms with Crippen LogP contribution in [0.15, 0.2) is 180 Å². The maximum absolute atomic E-state index is 6.47. The standard InChI is InChI=1S/C48H29N3O/c1-3-14-30(15-4-1)49-40-28-26-34-32-18-7-10-21-37(32)50(31-16-5-2-6-17-31)47(34)45(40)46-41(49)29-27-35-33-19-8-11-22-38(33)51(48(35)46)39-23-13-25-43-44(39)36-20-9-12-24-42(36)52-43/h1-29H. The molecule has 0 bridgehead atoms. The predicted molar refractivity (Wildman–Crippen MR) is 217 cm³/mol. The van der Waals surface area contributed by atoms with Crippen LogP contribution in [-0.4, -0.2) is 13.7 Å². The van der Waals surface area contributed by atoms with E-state index in [2.05, 4.69) is 184 Å². The predicted octanol–water partition coefficient (Wildman–Crippen LogP) is 12.9. The highest BCUT2D eigenvalue weighted by molar-refractivity contribution is 6.33. The zero-order valence-electron chi connectivity index (χ0n) is 28.0. The van der Waals surface area contributed by atoms with Crippen molar-refractivity contribution in [1.82, 2.24) is 13.7 Å². The van der Waals surface area contributed by atoms with Gasteiger partial charge in [-0.25, -0.2) is 0 Å². The fraction of sp³-hybridized carbons (Fsp3) is 0. The molecule has 12 aromatic rings. The molecule has 0 atom stereocenters. The van der Waals surface area contributed by atoms with E-state index >= 15 is 0 Å². The van der Waals surface area contributed by atoms with Crippen molar-refractivity contribution in [2.24, 2.45) is 0 Å². The number of furan rings is 1. The zero-order valence-corrected chi connectivity index (χ0v) is 28.0. The minimum Gasteiger partial charge on any atom is -0.456 e. The number of rotatable bonds is 3. The van der Waals surface area contributed by atoms with Gasteiger partial charge in [0.2, 0.25) is 0 Å². The van der Waals surface area contributed by atoms with Crippen molar-refractivity contribution in [3.05, 3.63) is 176 Å². The van der Waals surface area contributed by atoms with Crippen LogP contribution in [0.2, 0.25) is 0 Å². The van der Waals surface area contributed by atoms with Gasteiger partial charge in [0.05, 0.1) is 44.2 Å². The first-order valence-corrected chi connectivity index (χ1v) is 17.8. The van der Waals surface area contributed by atoms with Gasteiger partial charge < -0.3 is 18.1 Å². The fourth-order valence-corrected chi connectivity index (χ4v) is 8.98. The minimum absolute atomic E-state index is 0.884. The number of nitrogens with zero attached hydrogens (tertiary/aromatic N) is 3. The Kier molecular flexibility index (Phi) is 5.47. The summed E-state index contributed by atoms with van der Waals surface area (Å²) in [4.78, 5) is 0. The molecule has 0 aliphatic rings. The molecule has 4 heteroatoms. The van der Waals surface area contributed by atoms with E-state index in [-0.39, 0.29) is 0 Å². The Hall–Kier alpha value is -7.04. The molecule has 0 spiro atoms. The Morgan fingerprint density at radius 1 is 0.288 bits per heavy atom. The van der Waals surface area contributed by atoms with Crippen molar-refractivity contribution in [2.45, 2.75) is 0 Å². The largest absolute Gasteiger partial charge is 0.456 e. The number of benzene rings is 8. The highest BCUT2D eigenvalue weighted by Gasteiger charge is 2.26. The van der Waals surface area contributed by atoms with E-state index in [1.807, 2.05) is 6.07 Å². The van der Waals surface area contributed by atoms with Gasteiger partial charge in [-0.05, 0) is 66.7 Å². The zero-order chi connectivity index (χ0) is 33.9. The third-order valence-corrected chi connectivity index (χ3v) is 11.0. The first-order valence-electron chi connectivity index (χ1n) is 17.8. The van der Waals surface area contributed by atoms with E-state index < -0.39 is 0 Å². The van der Waals surface area contributed by atoms with E-state index in [0.29, 0.717) is 0 Å². The average molecular weight is 664 g/mol. The molecule has 8 aromatic carbocycles. The van der Waals surface area contributed by atoms with Crippen LogP contribution >= 0.6 is 0 Å². The fourth-order valence-electron chi connectivity index (χ4n) is 8.98. The minimum atomic E-state index is 0.884. The summed E-state index contributed by atoms with van der Waals surface area (Å²) in [6, 6.07) is 63.4. The Morgan fingerprint density at radius 2 is 0.788 bits per heavy atom. The molecule has 0 N–H and O–H groups in total. The Balaban J connectivity index is 1.39. The first-order chi connectivity index (χ1) is 25.8. The van der Waals surface area contributed by atoms with Gasteiger partial charge in [0.1, 0.15) is 11.2 Å². The highest BCUT2D eigenvalue weighted by atomic mass is 16.3. The van der Waals surface area contributed by atoms with Crippen molar-refractivity contribution < 1.29 is 4.42 Å². The Bertz CT molecular complexity index is 3390. The van der Waals surface area contributed by atoms with Gasteiger partial charge in [-0.2, -0.15) is 0 Å². The summed E-state index contributed by atoms with van der Waals surface area (Å²) in [5, 5.41) is 9.61. The van der Waals surface area contributed by atoms with Crippen molar-refractivity contribution in [1.29, 1.82) is 0 Å². The van der Waals surface area contributed by atoms with Gasteiger partial charge in [0.25, 0.3) is 0 Å². The summed E-state index contributed by atoms with van der Waals surface area (Å²) in [7, 11) is 0. The summed E-state index contributed by atoms with van der Waals surface area (Å²) in [5.74, 6) is 0. The molecule has 12 rings (SSSR count). The van der Waals surface area contributed by atoms with Crippen molar-refractivity contribution >= 4 is 87.4 Å². The van der Waals surface area contributed by atoms with E-state index in [4.69, 9.17) is 4.42 Å². The number of hydrogen-bond donors (Lipinski definition) is 0. The summed E-state index contributed by atoms with van der Waals surface area (Å²) < 4.78 is 13.9. The highest BCUT2D eigenvalue weighted by Crippen LogP contribution is 2.47. The van der Waals surface area contributed by atoms with Crippen LogP contribution in [0.3, 0.4) is 0 Å². The Labute approximate surface area is 297 Å². The lowest BCUT2D eigenvalue weighted by molar-refractivity contribution is 0.669. The number of aromatic nitrogens is 3. The van der Waals surface area contributed by atoms with Crippen LogP contribution in [0.4, 0.5) is 0 Å². The maximum atomic E-state index is 6.47. The van der Waals surface area contributed by atoms with E-state index in [0.717, 1.165) is 39.0 Å². The molecule has 0 aliphatic heterocycles. The van der Waals surface area contributed by atoms with Crippen LogP contribution in [0.1, 0.15) is 0 Å². The van der Waals surface area contributed by atoms with Crippen molar-refractivity contribution in [2.75, 3.05) is 0 Å². The molecule has 0 saturated carbocycles. The molecule has 4 heterocycles. The van der Waals surface area contributed by atoms with E-state index in [9.17, 15) is 0 Å². The molecule has 0 aliphatic carbocycles. The van der Waals surface area contributed by atoms with Gasteiger partial charge in [-0.15, -0.1) is 0 Å². The molecule has 4 aromatic heterocycles. The molecule has 0 saturated heterocycles. The van der Waals surface area contributed by atoms with Gasteiger partial charge in [0.15, 0.2) is 0 Å². The number of para-hydroxylation sites is 5. The molecule has 4 nitrogen and oxygen atoms in total. The second-order valence-corrected chi connectivity index (χ2v) is 13.7. The molecule has 0 fully saturated rings. The van der Waals surface area contributed by atoms with E-state index in [1.54, 1.807) is 0 Å². The first kappa shape index (κ1) is 27.7. The van der Waals surface area contributed by atoms with Crippen molar-refractivity contribution in [3.8, 4) is 17.1 Å². The third-order valence-electron chi connectivity index (χ3n) is 11.0. The molecular weight excluding hydrogens is 635 g/mol. The van der Waals surface area contributed by atoms with Crippen LogP contribution in [-0.2, 0) is 0 Å². The third kappa shape index (κ3) is 3.55. The lowest BCUT2D eigenvalue weighted by Gasteiger charge is -2.12. The van der Waals surface area contributed by atoms with Gasteiger partial charge in [-0.3, -0.25) is 0 Å². The summed E-state index contributed by atoms with van der Waals surface area (Å²) in [5.41, 5.74) is 12.3. The van der Waals surface area contributed by atoms with Gasteiger partial charge in [0, 0.05) is 49.1 Å². The maximum Gasteiger partial charge on any atom is 0.137 e. The number of hydrogen-bond acceptors (Lipinski definition) is 1. The second kappa shape index (κ2) is 10.3. The van der Waals surface area contributed by atoms with Crippen molar-refractivity contribution in [3.63, 3.8) is 0 Å². The van der Waals surface area contributed by atoms with Crippen LogP contribution in [0.25, 0.3) is 104 Å². The molecule has 242 valence electrons. The molecule has 0 radical (unpaired) electrons. The lowest BCUT2D eigenvalue weighted by atomic mass is 10.0. The van der Waals surface area contributed by atoms with Gasteiger partial charge >= 0.3 is 0 Å².